The van der Waals surface area contributed by atoms with Crippen molar-refractivity contribution >= 4 is 43.1 Å². The van der Waals surface area contributed by atoms with Crippen LogP contribution < -0.4 is 10.6 Å². The molecule has 0 bridgehead atoms. The molecule has 92 valence electrons. The summed E-state index contributed by atoms with van der Waals surface area (Å²) in [4.78, 5) is 6.01. The van der Waals surface area contributed by atoms with Crippen LogP contribution in [0.4, 0.5) is 10.8 Å². The van der Waals surface area contributed by atoms with E-state index in [1.807, 2.05) is 0 Å². The maximum Gasteiger partial charge on any atom is 0.106 e. The summed E-state index contributed by atoms with van der Waals surface area (Å²) >= 11 is 1.67. The Morgan fingerprint density at radius 1 is 1.11 bits per heavy atom. The predicted octanol–water partition coefficient (Wildman–Crippen LogP) is 3.57. The molecule has 0 atom stereocenters. The topological polar surface area (TPSA) is 45.0 Å². The van der Waals surface area contributed by atoms with Crippen molar-refractivity contribution in [3.63, 3.8) is 0 Å². The molecule has 1 saturated heterocycles. The second-order valence-corrected chi connectivity index (χ2v) is 6.03. The number of aromatic nitrogens is 1. The summed E-state index contributed by atoms with van der Waals surface area (Å²) in [6.45, 7) is 2.34. The smallest absolute Gasteiger partial charge is 0.106 e. The normalized spacial score (nSPS) is 16.1. The van der Waals surface area contributed by atoms with Gasteiger partial charge in [0.25, 0.3) is 0 Å². The molecule has 4 rings (SSSR count). The number of anilines is 2. The highest BCUT2D eigenvalue weighted by Gasteiger charge is 2.15. The third-order valence-electron chi connectivity index (χ3n) is 3.73. The van der Waals surface area contributed by atoms with E-state index in [1.165, 1.54) is 52.7 Å². The number of hydrogen-bond acceptors (Lipinski definition) is 3. The van der Waals surface area contributed by atoms with E-state index in [2.05, 4.69) is 34.1 Å². The number of nitrogen functional groups attached to an aromatic ring is 1. The second-order valence-electron chi connectivity index (χ2n) is 4.95. The third-order valence-corrected chi connectivity index (χ3v) is 4.73. The molecular weight excluding hydrogens is 242 g/mol. The Bertz CT molecular complexity index is 719. The van der Waals surface area contributed by atoms with Crippen LogP contribution in [0.5, 0.6) is 0 Å². The molecule has 1 aromatic carbocycles. The minimum atomic E-state index is 0.884. The monoisotopic (exact) mass is 257 g/mol. The van der Waals surface area contributed by atoms with Crippen molar-refractivity contribution < 1.29 is 0 Å². The number of H-pyrrole nitrogens is 1. The predicted molar refractivity (Wildman–Crippen MR) is 79.5 cm³/mol. The number of nitrogens with zero attached hydrogens (tertiary/aromatic N) is 1. The zero-order valence-corrected chi connectivity index (χ0v) is 10.9. The molecule has 2 aromatic heterocycles. The van der Waals surface area contributed by atoms with Crippen LogP contribution in [0.3, 0.4) is 0 Å². The van der Waals surface area contributed by atoms with Gasteiger partial charge in [0.15, 0.2) is 0 Å². The summed E-state index contributed by atoms with van der Waals surface area (Å²) in [5.41, 5.74) is 7.14. The first-order valence-corrected chi connectivity index (χ1v) is 7.18. The number of rotatable bonds is 1. The van der Waals surface area contributed by atoms with Gasteiger partial charge < -0.3 is 15.6 Å². The maximum absolute atomic E-state index is 5.90. The van der Waals surface area contributed by atoms with E-state index in [1.54, 1.807) is 11.3 Å². The molecular formula is C14H15N3S. The standard InChI is InChI=1S/C14H15N3S/c15-11-7-10-4-3-9-8-12(17-5-1-2-6-17)16-13(9)14(10)18-11/h3-4,7-8,16H,1-2,5-6,15H2. The molecule has 0 radical (unpaired) electrons. The highest BCUT2D eigenvalue weighted by atomic mass is 32.1. The Labute approximate surface area is 109 Å². The third kappa shape index (κ3) is 1.42. The second kappa shape index (κ2) is 3.65. The summed E-state index contributed by atoms with van der Waals surface area (Å²) in [5, 5.41) is 3.40. The van der Waals surface area contributed by atoms with Crippen LogP contribution >= 0.6 is 11.3 Å². The van der Waals surface area contributed by atoms with E-state index in [9.17, 15) is 0 Å². The number of nitrogens with one attached hydrogen (secondary N) is 1. The first kappa shape index (κ1) is 10.3. The summed E-state index contributed by atoms with van der Waals surface area (Å²) in [5.74, 6) is 1.25. The van der Waals surface area contributed by atoms with Crippen LogP contribution in [0.15, 0.2) is 24.3 Å². The average Bonchev–Trinajstić information content (AvgIpc) is 3.05. The van der Waals surface area contributed by atoms with Crippen molar-refractivity contribution in [2.75, 3.05) is 23.7 Å². The molecule has 1 aliphatic heterocycles. The molecule has 0 saturated carbocycles. The molecule has 0 spiro atoms. The summed E-state index contributed by atoms with van der Waals surface area (Å²) in [6.07, 6.45) is 2.60. The van der Waals surface area contributed by atoms with Crippen molar-refractivity contribution in [1.29, 1.82) is 0 Å². The first-order valence-electron chi connectivity index (χ1n) is 6.37. The molecule has 0 unspecified atom stereocenters. The fourth-order valence-corrected chi connectivity index (χ4v) is 3.76. The van der Waals surface area contributed by atoms with Gasteiger partial charge in [0.1, 0.15) is 5.82 Å². The molecule has 0 aliphatic carbocycles. The van der Waals surface area contributed by atoms with Crippen LogP contribution in [0.2, 0.25) is 0 Å². The maximum atomic E-state index is 5.90. The first-order chi connectivity index (χ1) is 8.81. The molecule has 3 heterocycles. The Kier molecular flexibility index (Phi) is 2.08. The molecule has 1 fully saturated rings. The number of hydrogen-bond donors (Lipinski definition) is 2. The number of fused-ring (bicyclic) bond motifs is 3. The molecule has 0 amide bonds. The molecule has 18 heavy (non-hydrogen) atoms. The fraction of sp³-hybridized carbons (Fsp3) is 0.286. The van der Waals surface area contributed by atoms with Gasteiger partial charge in [-0.2, -0.15) is 0 Å². The zero-order chi connectivity index (χ0) is 12.1. The van der Waals surface area contributed by atoms with Gasteiger partial charge in [0.05, 0.1) is 15.2 Å². The zero-order valence-electron chi connectivity index (χ0n) is 10.1. The van der Waals surface area contributed by atoms with Crippen LogP contribution in [-0.4, -0.2) is 18.1 Å². The lowest BCUT2D eigenvalue weighted by atomic mass is 10.2. The number of nitrogens with two attached hydrogens (primary N) is 1. The van der Waals surface area contributed by atoms with Crippen molar-refractivity contribution in [2.45, 2.75) is 12.8 Å². The summed E-state index contributed by atoms with van der Waals surface area (Å²) < 4.78 is 1.27. The molecule has 3 N–H and O–H groups in total. The van der Waals surface area contributed by atoms with Crippen molar-refractivity contribution in [3.05, 3.63) is 24.3 Å². The molecule has 3 aromatic rings. The number of thiophene rings is 1. The fourth-order valence-electron chi connectivity index (χ4n) is 2.83. The van der Waals surface area contributed by atoms with Gasteiger partial charge in [-0.25, -0.2) is 0 Å². The van der Waals surface area contributed by atoms with E-state index in [4.69, 9.17) is 5.73 Å². The quantitative estimate of drug-likeness (QED) is 0.700. The highest BCUT2D eigenvalue weighted by Crippen LogP contribution is 2.35. The summed E-state index contributed by atoms with van der Waals surface area (Å²) in [6, 6.07) is 8.65. The largest absolute Gasteiger partial charge is 0.391 e. The molecule has 1 aliphatic rings. The van der Waals surface area contributed by atoms with Crippen molar-refractivity contribution in [1.82, 2.24) is 4.98 Å². The molecule has 4 heteroatoms. The Morgan fingerprint density at radius 2 is 1.89 bits per heavy atom. The van der Waals surface area contributed by atoms with Crippen LogP contribution in [0.1, 0.15) is 12.8 Å². The Hall–Kier alpha value is -1.68. The Balaban J connectivity index is 1.95. The number of benzene rings is 1. The minimum absolute atomic E-state index is 0.884. The van der Waals surface area contributed by atoms with Crippen LogP contribution in [-0.2, 0) is 0 Å². The van der Waals surface area contributed by atoms with Gasteiger partial charge >= 0.3 is 0 Å². The lowest BCUT2D eigenvalue weighted by Gasteiger charge is -2.14. The van der Waals surface area contributed by atoms with Gasteiger partial charge in [-0.15, -0.1) is 11.3 Å². The molecule has 3 nitrogen and oxygen atoms in total. The van der Waals surface area contributed by atoms with Gasteiger partial charge in [-0.05, 0) is 30.4 Å². The van der Waals surface area contributed by atoms with Crippen molar-refractivity contribution in [3.8, 4) is 0 Å². The van der Waals surface area contributed by atoms with Crippen molar-refractivity contribution in [2.24, 2.45) is 0 Å². The van der Waals surface area contributed by atoms with Crippen LogP contribution in [0, 0.1) is 0 Å². The Morgan fingerprint density at radius 3 is 2.72 bits per heavy atom. The van der Waals surface area contributed by atoms with Gasteiger partial charge in [0, 0.05) is 18.5 Å². The van der Waals surface area contributed by atoms with E-state index >= 15 is 0 Å². The average molecular weight is 257 g/mol. The summed E-state index contributed by atoms with van der Waals surface area (Å²) in [7, 11) is 0. The lowest BCUT2D eigenvalue weighted by molar-refractivity contribution is 0.949. The van der Waals surface area contributed by atoms with Gasteiger partial charge in [-0.3, -0.25) is 0 Å². The van der Waals surface area contributed by atoms with Gasteiger partial charge in [0.2, 0.25) is 0 Å². The number of aromatic amines is 1. The van der Waals surface area contributed by atoms with Gasteiger partial charge in [-0.1, -0.05) is 12.1 Å². The van der Waals surface area contributed by atoms with E-state index in [0.717, 1.165) is 5.00 Å². The van der Waals surface area contributed by atoms with E-state index in [-0.39, 0.29) is 0 Å². The minimum Gasteiger partial charge on any atom is -0.391 e. The van der Waals surface area contributed by atoms with E-state index < -0.39 is 0 Å². The van der Waals surface area contributed by atoms with E-state index in [0.29, 0.717) is 0 Å². The highest BCUT2D eigenvalue weighted by molar-refractivity contribution is 7.23. The SMILES string of the molecule is Nc1cc2ccc3cc(N4CCCC4)[nH]c3c2s1. The lowest BCUT2D eigenvalue weighted by Crippen LogP contribution is -2.17. The van der Waals surface area contributed by atoms with Crippen LogP contribution in [0.25, 0.3) is 21.0 Å².